The molecule has 2 amide bonds. The van der Waals surface area contributed by atoms with Crippen LogP contribution in [0.5, 0.6) is 0 Å². The van der Waals surface area contributed by atoms with Gasteiger partial charge in [0.15, 0.2) is 0 Å². The molecule has 1 aliphatic heterocycles. The maximum Gasteiger partial charge on any atom is 0.239 e. The average Bonchev–Trinajstić information content (AvgIpc) is 2.86. The van der Waals surface area contributed by atoms with Crippen LogP contribution in [0.15, 0.2) is 24.3 Å². The number of benzene rings is 1. The first-order chi connectivity index (χ1) is 12.2. The Morgan fingerprint density at radius 2 is 1.88 bits per heavy atom. The van der Waals surface area contributed by atoms with E-state index in [1.807, 2.05) is 18.2 Å². The van der Waals surface area contributed by atoms with E-state index < -0.39 is 10.0 Å². The van der Waals surface area contributed by atoms with Crippen LogP contribution in [0.3, 0.4) is 0 Å². The van der Waals surface area contributed by atoms with Crippen molar-refractivity contribution in [2.24, 2.45) is 0 Å². The number of nitrogens with zero attached hydrogens (tertiary/aromatic N) is 1. The first-order valence-corrected chi connectivity index (χ1v) is 10.6. The van der Waals surface area contributed by atoms with Gasteiger partial charge in [-0.3, -0.25) is 9.59 Å². The van der Waals surface area contributed by atoms with Gasteiger partial charge in [0.2, 0.25) is 21.8 Å². The van der Waals surface area contributed by atoms with Gasteiger partial charge in [0.05, 0.1) is 18.8 Å². The minimum Gasteiger partial charge on any atom is -0.348 e. The average molecular weight is 379 g/mol. The maximum absolute atomic E-state index is 12.2. The Kier molecular flexibility index (Phi) is 5.07. The van der Waals surface area contributed by atoms with Gasteiger partial charge in [-0.25, -0.2) is 12.7 Å². The highest BCUT2D eigenvalue weighted by molar-refractivity contribution is 7.88. The molecule has 2 N–H and O–H groups in total. The number of fused-ring (bicyclic) bond motifs is 2. The first-order valence-electron chi connectivity index (χ1n) is 8.80. The summed E-state index contributed by atoms with van der Waals surface area (Å²) in [5, 5.41) is 5.53. The van der Waals surface area contributed by atoms with Crippen LogP contribution in [0.4, 0.5) is 0 Å². The highest BCUT2D eigenvalue weighted by Crippen LogP contribution is 2.50. The molecule has 1 atom stereocenters. The molecule has 1 saturated heterocycles. The summed E-state index contributed by atoms with van der Waals surface area (Å²) in [5.74, 6) is -0.456. The third-order valence-corrected chi connectivity index (χ3v) is 6.79. The molecule has 0 radical (unpaired) electrons. The number of nitrogens with one attached hydrogen (secondary N) is 2. The Hall–Kier alpha value is -1.93. The van der Waals surface area contributed by atoms with Crippen molar-refractivity contribution in [3.8, 4) is 0 Å². The minimum absolute atomic E-state index is 0.0388. The highest BCUT2D eigenvalue weighted by Gasteiger charge is 2.46. The smallest absolute Gasteiger partial charge is 0.239 e. The van der Waals surface area contributed by atoms with E-state index in [1.54, 1.807) is 0 Å². The molecule has 1 unspecified atom stereocenters. The zero-order valence-corrected chi connectivity index (χ0v) is 15.9. The summed E-state index contributed by atoms with van der Waals surface area (Å²) in [6.07, 6.45) is 3.50. The van der Waals surface area contributed by atoms with Crippen molar-refractivity contribution >= 4 is 21.8 Å². The lowest BCUT2D eigenvalue weighted by molar-refractivity contribution is -0.125. The minimum atomic E-state index is -3.17. The van der Waals surface area contributed by atoms with Gasteiger partial charge >= 0.3 is 0 Å². The second kappa shape index (κ2) is 7.00. The molecule has 142 valence electrons. The molecule has 26 heavy (non-hydrogen) atoms. The summed E-state index contributed by atoms with van der Waals surface area (Å²) >= 11 is 0. The van der Waals surface area contributed by atoms with Crippen molar-refractivity contribution in [2.75, 3.05) is 25.9 Å². The van der Waals surface area contributed by atoms with E-state index in [2.05, 4.69) is 16.7 Å². The Bertz CT molecular complexity index is 813. The number of amides is 2. The predicted molar refractivity (Wildman–Crippen MR) is 98.0 cm³/mol. The fraction of sp³-hybridized carbons (Fsp3) is 0.556. The number of hydrogen-bond donors (Lipinski definition) is 2. The monoisotopic (exact) mass is 379 g/mol. The summed E-state index contributed by atoms with van der Waals surface area (Å²) in [7, 11) is -3.17. The predicted octanol–water partition coefficient (Wildman–Crippen LogP) is 0.677. The lowest BCUT2D eigenvalue weighted by Crippen LogP contribution is -2.44. The lowest BCUT2D eigenvalue weighted by atomic mass is 9.74. The van der Waals surface area contributed by atoms with Crippen LogP contribution in [-0.2, 0) is 25.0 Å². The van der Waals surface area contributed by atoms with Crippen molar-refractivity contribution in [3.63, 3.8) is 0 Å². The largest absolute Gasteiger partial charge is 0.348 e. The van der Waals surface area contributed by atoms with Crippen molar-refractivity contribution < 1.29 is 18.0 Å². The second-order valence-corrected chi connectivity index (χ2v) is 9.25. The summed E-state index contributed by atoms with van der Waals surface area (Å²) < 4.78 is 25.1. The van der Waals surface area contributed by atoms with Gasteiger partial charge < -0.3 is 10.6 Å². The third kappa shape index (κ3) is 3.76. The Morgan fingerprint density at radius 3 is 2.50 bits per heavy atom. The fourth-order valence-corrected chi connectivity index (χ4v) is 5.04. The Balaban J connectivity index is 1.76. The van der Waals surface area contributed by atoms with Gasteiger partial charge in [0.1, 0.15) is 0 Å². The van der Waals surface area contributed by atoms with Crippen LogP contribution in [0.25, 0.3) is 0 Å². The molecule has 1 heterocycles. The topological polar surface area (TPSA) is 95.6 Å². The number of rotatable bonds is 4. The van der Waals surface area contributed by atoms with E-state index in [0.29, 0.717) is 13.1 Å². The van der Waals surface area contributed by atoms with Crippen molar-refractivity contribution in [2.45, 2.75) is 37.6 Å². The third-order valence-electron chi connectivity index (χ3n) is 5.48. The summed E-state index contributed by atoms with van der Waals surface area (Å²) in [5.41, 5.74) is 2.19. The van der Waals surface area contributed by atoms with Crippen molar-refractivity contribution in [3.05, 3.63) is 35.4 Å². The SMILES string of the molecule is CC(=O)NCC(=O)NC1CC2(CCN(S(C)(=O)=O)CC2)c2ccccc21. The van der Waals surface area contributed by atoms with E-state index in [1.165, 1.54) is 23.0 Å². The van der Waals surface area contributed by atoms with Crippen molar-refractivity contribution in [1.82, 2.24) is 14.9 Å². The number of carbonyl (C=O) groups excluding carboxylic acids is 2. The molecule has 2 aliphatic rings. The number of carbonyl (C=O) groups is 2. The van der Waals surface area contributed by atoms with E-state index >= 15 is 0 Å². The Labute approximate surface area is 154 Å². The van der Waals surface area contributed by atoms with E-state index in [4.69, 9.17) is 0 Å². The second-order valence-electron chi connectivity index (χ2n) is 7.26. The maximum atomic E-state index is 12.2. The summed E-state index contributed by atoms with van der Waals surface area (Å²) in [6.45, 7) is 2.34. The zero-order chi connectivity index (χ0) is 18.9. The first kappa shape index (κ1) is 18.8. The molecule has 0 bridgehead atoms. The van der Waals surface area contributed by atoms with Gasteiger partial charge in [0.25, 0.3) is 0 Å². The van der Waals surface area contributed by atoms with Crippen LogP contribution < -0.4 is 10.6 Å². The van der Waals surface area contributed by atoms with Crippen LogP contribution >= 0.6 is 0 Å². The van der Waals surface area contributed by atoms with Gasteiger partial charge in [-0.1, -0.05) is 24.3 Å². The lowest BCUT2D eigenvalue weighted by Gasteiger charge is -2.39. The molecular formula is C18H25N3O4S. The van der Waals surface area contributed by atoms with Gasteiger partial charge in [-0.2, -0.15) is 0 Å². The quantitative estimate of drug-likeness (QED) is 0.804. The summed E-state index contributed by atoms with van der Waals surface area (Å²) in [6, 6.07) is 7.95. The van der Waals surface area contributed by atoms with Crippen LogP contribution in [-0.4, -0.2) is 50.4 Å². The fourth-order valence-electron chi connectivity index (χ4n) is 4.19. The van der Waals surface area contributed by atoms with Crippen LogP contribution in [0, 0.1) is 0 Å². The van der Waals surface area contributed by atoms with E-state index in [-0.39, 0.29) is 29.8 Å². The van der Waals surface area contributed by atoms with Crippen molar-refractivity contribution in [1.29, 1.82) is 0 Å². The van der Waals surface area contributed by atoms with Gasteiger partial charge in [-0.05, 0) is 30.4 Å². The Morgan fingerprint density at radius 1 is 1.23 bits per heavy atom. The van der Waals surface area contributed by atoms with Crippen LogP contribution in [0.1, 0.15) is 43.4 Å². The molecule has 1 aromatic rings. The molecule has 0 aromatic heterocycles. The molecule has 1 spiro atoms. The molecule has 7 nitrogen and oxygen atoms in total. The van der Waals surface area contributed by atoms with Gasteiger partial charge in [0, 0.05) is 25.4 Å². The van der Waals surface area contributed by atoms with E-state index in [0.717, 1.165) is 24.8 Å². The normalized spacial score (nSPS) is 22.0. The molecule has 1 aromatic carbocycles. The molecule has 1 fully saturated rings. The number of hydrogen-bond acceptors (Lipinski definition) is 4. The molecule has 3 rings (SSSR count). The number of sulfonamides is 1. The molecule has 0 saturated carbocycles. The summed E-state index contributed by atoms with van der Waals surface area (Å²) in [4.78, 5) is 23.1. The molecule has 8 heteroatoms. The molecular weight excluding hydrogens is 354 g/mol. The zero-order valence-electron chi connectivity index (χ0n) is 15.1. The standard InChI is InChI=1S/C18H25N3O4S/c1-13(22)19-12-17(23)20-16-11-18(15-6-4-3-5-14(15)16)7-9-21(10-8-18)26(2,24)25/h3-6,16H,7-12H2,1-2H3,(H,19,22)(H,20,23). The van der Waals surface area contributed by atoms with Crippen LogP contribution in [0.2, 0.25) is 0 Å². The molecule has 1 aliphatic carbocycles. The van der Waals surface area contributed by atoms with E-state index in [9.17, 15) is 18.0 Å². The highest BCUT2D eigenvalue weighted by atomic mass is 32.2. The van der Waals surface area contributed by atoms with Gasteiger partial charge in [-0.15, -0.1) is 0 Å². The number of piperidine rings is 1.